The van der Waals surface area contributed by atoms with Crippen LogP contribution >= 0.6 is 0 Å². The Balaban J connectivity index is 2.00. The molecule has 7 nitrogen and oxygen atoms in total. The third kappa shape index (κ3) is 1.57. The van der Waals surface area contributed by atoms with Crippen LogP contribution in [0.1, 0.15) is 6.23 Å². The Morgan fingerprint density at radius 1 is 1.44 bits per heavy atom. The zero-order valence-corrected chi connectivity index (χ0v) is 9.22. The van der Waals surface area contributed by atoms with Crippen LogP contribution < -0.4 is 0 Å². The average Bonchev–Trinajstić information content (AvgIpc) is 2.93. The third-order valence-electron chi connectivity index (χ3n) is 2.98. The molecule has 8 heteroatoms. The number of hydrogen-bond donors (Lipinski definition) is 2. The van der Waals surface area contributed by atoms with E-state index in [1.165, 1.54) is 23.4 Å². The number of hydrogen-bond acceptors (Lipinski definition) is 6. The second-order valence-corrected chi connectivity index (χ2v) is 4.07. The Hall–Kier alpha value is -1.64. The van der Waals surface area contributed by atoms with Gasteiger partial charge in [0, 0.05) is 0 Å². The largest absolute Gasteiger partial charge is 0.394 e. The molecule has 1 aliphatic heterocycles. The summed E-state index contributed by atoms with van der Waals surface area (Å²) >= 11 is 0. The molecule has 0 aromatic carbocycles. The van der Waals surface area contributed by atoms with Gasteiger partial charge in [-0.2, -0.15) is 0 Å². The van der Waals surface area contributed by atoms with Crippen LogP contribution in [0, 0.1) is 0 Å². The molecule has 2 N–H and O–H groups in total. The maximum absolute atomic E-state index is 13.6. The molecule has 0 spiro atoms. The minimum Gasteiger partial charge on any atom is -0.394 e. The number of aromatic nitrogens is 4. The van der Waals surface area contributed by atoms with Crippen LogP contribution in [0.25, 0.3) is 11.2 Å². The van der Waals surface area contributed by atoms with Gasteiger partial charge >= 0.3 is 0 Å². The molecular weight excluding hydrogens is 243 g/mol. The highest BCUT2D eigenvalue weighted by atomic mass is 19.1. The fourth-order valence-corrected chi connectivity index (χ4v) is 2.06. The van der Waals surface area contributed by atoms with Gasteiger partial charge in [-0.25, -0.2) is 19.3 Å². The van der Waals surface area contributed by atoms with Gasteiger partial charge in [0.05, 0.1) is 19.1 Å². The molecule has 0 saturated carbocycles. The Morgan fingerprint density at radius 2 is 2.28 bits per heavy atom. The van der Waals surface area contributed by atoms with Gasteiger partial charge in [-0.15, -0.1) is 0 Å². The summed E-state index contributed by atoms with van der Waals surface area (Å²) in [4.78, 5) is 11.9. The van der Waals surface area contributed by atoms with E-state index in [0.717, 1.165) is 0 Å². The lowest BCUT2D eigenvalue weighted by atomic mass is 10.1. The van der Waals surface area contributed by atoms with Crippen molar-refractivity contribution in [2.75, 3.05) is 6.61 Å². The van der Waals surface area contributed by atoms with Crippen molar-refractivity contribution in [1.29, 1.82) is 0 Å². The van der Waals surface area contributed by atoms with E-state index < -0.39 is 31.2 Å². The predicted molar refractivity (Wildman–Crippen MR) is 57.2 cm³/mol. The number of imidazole rings is 1. The maximum Gasteiger partial charge on any atom is 0.166 e. The molecule has 96 valence electrons. The molecular formula is C10H11FN4O3. The highest BCUT2D eigenvalue weighted by molar-refractivity contribution is 5.68. The molecule has 18 heavy (non-hydrogen) atoms. The number of aliphatic hydroxyl groups excluding tert-OH is 2. The van der Waals surface area contributed by atoms with Gasteiger partial charge in [0.1, 0.15) is 24.1 Å². The van der Waals surface area contributed by atoms with E-state index in [4.69, 9.17) is 9.84 Å². The van der Waals surface area contributed by atoms with Gasteiger partial charge in [-0.3, -0.25) is 4.57 Å². The minimum absolute atomic E-state index is 0.444. The summed E-state index contributed by atoms with van der Waals surface area (Å²) in [5, 5.41) is 18.7. The van der Waals surface area contributed by atoms with Crippen molar-refractivity contribution in [3.05, 3.63) is 18.9 Å². The van der Waals surface area contributed by atoms with Crippen LogP contribution in [0.4, 0.5) is 4.39 Å². The van der Waals surface area contributed by atoms with Gasteiger partial charge in [0.2, 0.25) is 0 Å². The average molecular weight is 254 g/mol. The Kier molecular flexibility index (Phi) is 2.69. The van der Waals surface area contributed by atoms with E-state index in [2.05, 4.69) is 15.0 Å². The second-order valence-electron chi connectivity index (χ2n) is 4.07. The molecule has 2 aromatic rings. The number of rotatable bonds is 2. The van der Waals surface area contributed by atoms with E-state index in [0.29, 0.717) is 11.2 Å². The van der Waals surface area contributed by atoms with Crippen LogP contribution in [0.15, 0.2) is 18.9 Å². The first-order valence-corrected chi connectivity index (χ1v) is 5.43. The molecule has 0 radical (unpaired) electrons. The summed E-state index contributed by atoms with van der Waals surface area (Å²) in [6, 6.07) is 0. The number of nitrogens with zero attached hydrogens (tertiary/aromatic N) is 4. The molecule has 0 amide bonds. The molecule has 2 aromatic heterocycles. The Morgan fingerprint density at radius 3 is 3.00 bits per heavy atom. The van der Waals surface area contributed by atoms with Crippen LogP contribution in [-0.2, 0) is 4.74 Å². The van der Waals surface area contributed by atoms with Crippen molar-refractivity contribution in [1.82, 2.24) is 19.5 Å². The molecule has 1 unspecified atom stereocenters. The topological polar surface area (TPSA) is 93.3 Å². The van der Waals surface area contributed by atoms with Crippen molar-refractivity contribution in [3.63, 3.8) is 0 Å². The van der Waals surface area contributed by atoms with Gasteiger partial charge in [0.15, 0.2) is 18.0 Å². The lowest BCUT2D eigenvalue weighted by Crippen LogP contribution is -2.29. The first-order chi connectivity index (χ1) is 8.72. The summed E-state index contributed by atoms with van der Waals surface area (Å²) in [5.74, 6) is 0. The zero-order chi connectivity index (χ0) is 12.7. The fraction of sp³-hybridized carbons (Fsp3) is 0.500. The highest BCUT2D eigenvalue weighted by Gasteiger charge is 2.45. The number of fused-ring (bicyclic) bond motifs is 1. The standard InChI is InChI=1S/C10H11FN4O3/c11-7-6(2-16)18-10(8(7)17)15-4-14-5-1-12-3-13-9(5)15/h1,3-4,6-8,10,16-17H,2H2/t6-,7?,8+,10-/m1/s1. The van der Waals surface area contributed by atoms with Gasteiger partial charge in [0.25, 0.3) is 0 Å². The summed E-state index contributed by atoms with van der Waals surface area (Å²) in [6.45, 7) is -0.490. The lowest BCUT2D eigenvalue weighted by molar-refractivity contribution is -0.0495. The number of alkyl halides is 1. The van der Waals surface area contributed by atoms with Crippen molar-refractivity contribution in [3.8, 4) is 0 Å². The molecule has 4 atom stereocenters. The minimum atomic E-state index is -1.64. The maximum atomic E-state index is 13.6. The molecule has 3 heterocycles. The smallest absolute Gasteiger partial charge is 0.166 e. The summed E-state index contributed by atoms with van der Waals surface area (Å²) in [7, 11) is 0. The molecule has 1 aliphatic rings. The van der Waals surface area contributed by atoms with E-state index in [-0.39, 0.29) is 0 Å². The van der Waals surface area contributed by atoms with Gasteiger partial charge in [-0.05, 0) is 0 Å². The molecule has 3 rings (SSSR count). The van der Waals surface area contributed by atoms with E-state index in [1.807, 2.05) is 0 Å². The Labute approximate surface area is 101 Å². The van der Waals surface area contributed by atoms with E-state index in [9.17, 15) is 9.50 Å². The van der Waals surface area contributed by atoms with Gasteiger partial charge < -0.3 is 14.9 Å². The molecule has 0 bridgehead atoms. The number of halogens is 1. The van der Waals surface area contributed by atoms with Crippen LogP contribution in [-0.4, -0.2) is 54.7 Å². The summed E-state index contributed by atoms with van der Waals surface area (Å²) in [5.41, 5.74) is 0.969. The second kappa shape index (κ2) is 4.23. The monoisotopic (exact) mass is 254 g/mol. The normalized spacial score (nSPS) is 32.2. The zero-order valence-electron chi connectivity index (χ0n) is 9.22. The van der Waals surface area contributed by atoms with Crippen molar-refractivity contribution >= 4 is 11.2 Å². The Bertz CT molecular complexity index is 563. The highest BCUT2D eigenvalue weighted by Crippen LogP contribution is 2.32. The predicted octanol–water partition coefficient (Wildman–Crippen LogP) is -0.585. The number of ether oxygens (including phenoxy) is 1. The first-order valence-electron chi connectivity index (χ1n) is 5.43. The quantitative estimate of drug-likeness (QED) is 0.744. The third-order valence-corrected chi connectivity index (χ3v) is 2.98. The van der Waals surface area contributed by atoms with Crippen LogP contribution in [0.5, 0.6) is 0 Å². The van der Waals surface area contributed by atoms with Crippen molar-refractivity contribution < 1.29 is 19.3 Å². The molecule has 1 fully saturated rings. The molecule has 0 aliphatic carbocycles. The van der Waals surface area contributed by atoms with E-state index in [1.54, 1.807) is 0 Å². The SMILES string of the molecule is OC[C@H]1O[C@@H](n2cnc3cncnc32)[C@@H](O)C1F. The van der Waals surface area contributed by atoms with Crippen LogP contribution in [0.3, 0.4) is 0 Å². The fourth-order valence-electron chi connectivity index (χ4n) is 2.06. The molecule has 1 saturated heterocycles. The first kappa shape index (κ1) is 11.5. The van der Waals surface area contributed by atoms with E-state index >= 15 is 0 Å². The van der Waals surface area contributed by atoms with Gasteiger partial charge in [-0.1, -0.05) is 0 Å². The lowest BCUT2D eigenvalue weighted by Gasteiger charge is -2.15. The van der Waals surface area contributed by atoms with Crippen LogP contribution in [0.2, 0.25) is 0 Å². The summed E-state index contributed by atoms with van der Waals surface area (Å²) in [6.07, 6.45) is -0.746. The number of aliphatic hydroxyl groups is 2. The van der Waals surface area contributed by atoms with Crippen molar-refractivity contribution in [2.24, 2.45) is 0 Å². The van der Waals surface area contributed by atoms with Crippen molar-refractivity contribution in [2.45, 2.75) is 24.6 Å². The summed E-state index contributed by atoms with van der Waals surface area (Å²) < 4.78 is 20.3.